The van der Waals surface area contributed by atoms with Crippen molar-refractivity contribution in [2.75, 3.05) is 43.7 Å². The Morgan fingerprint density at radius 3 is 2.54 bits per heavy atom. The van der Waals surface area contributed by atoms with Gasteiger partial charge >= 0.3 is 5.97 Å². The van der Waals surface area contributed by atoms with Crippen LogP contribution in [0, 0.1) is 0 Å². The number of anilines is 1. The van der Waals surface area contributed by atoms with Gasteiger partial charge in [0.25, 0.3) is 5.91 Å². The first-order chi connectivity index (χ1) is 11.3. The van der Waals surface area contributed by atoms with Crippen LogP contribution in [-0.4, -0.2) is 80.0 Å². The molecule has 0 spiro atoms. The Hall–Kier alpha value is -2.23. The maximum absolute atomic E-state index is 12.0. The first-order valence-corrected chi connectivity index (χ1v) is 9.20. The van der Waals surface area contributed by atoms with E-state index in [2.05, 4.69) is 9.97 Å². The van der Waals surface area contributed by atoms with Crippen molar-refractivity contribution in [2.24, 2.45) is 0 Å². The number of carbonyl (C=O) groups is 2. The summed E-state index contributed by atoms with van der Waals surface area (Å²) in [6.45, 7) is -0.520. The molecule has 1 aliphatic rings. The van der Waals surface area contributed by atoms with Crippen LogP contribution in [0.2, 0.25) is 0 Å². The third kappa shape index (κ3) is 4.88. The molecule has 0 aromatic carbocycles. The van der Waals surface area contributed by atoms with E-state index in [-0.39, 0.29) is 24.1 Å². The molecule has 0 saturated carbocycles. The molecule has 0 radical (unpaired) electrons. The SMILES string of the molecule is CN(CC(=O)OCC(=O)N(C)[C@@H]1CCS(=O)(=O)C1)c1ncccn1. The van der Waals surface area contributed by atoms with E-state index in [0.717, 1.165) is 0 Å². The summed E-state index contributed by atoms with van der Waals surface area (Å²) in [7, 11) is 0.0783. The van der Waals surface area contributed by atoms with Crippen molar-refractivity contribution in [3.8, 4) is 0 Å². The number of rotatable bonds is 6. The van der Waals surface area contributed by atoms with Crippen molar-refractivity contribution in [1.29, 1.82) is 0 Å². The number of hydrogen-bond acceptors (Lipinski definition) is 8. The lowest BCUT2D eigenvalue weighted by Gasteiger charge is -2.23. The summed E-state index contributed by atoms with van der Waals surface area (Å²) in [4.78, 5) is 34.6. The molecule has 1 saturated heterocycles. The van der Waals surface area contributed by atoms with Crippen LogP contribution in [0.1, 0.15) is 6.42 Å². The lowest BCUT2D eigenvalue weighted by molar-refractivity contribution is -0.151. The molecular weight excluding hydrogens is 336 g/mol. The standard InChI is InChI=1S/C14H20N4O5S/c1-17(14-15-5-3-6-16-14)8-13(20)23-9-12(19)18(2)11-4-7-24(21,22)10-11/h3,5-6,11H,4,7-10H2,1-2H3/t11-/m1/s1. The van der Waals surface area contributed by atoms with Crippen molar-refractivity contribution >= 4 is 27.7 Å². The van der Waals surface area contributed by atoms with Gasteiger partial charge in [0, 0.05) is 32.5 Å². The topological polar surface area (TPSA) is 110 Å². The van der Waals surface area contributed by atoms with E-state index in [0.29, 0.717) is 12.4 Å². The van der Waals surface area contributed by atoms with E-state index >= 15 is 0 Å². The second kappa shape index (κ2) is 7.56. The summed E-state index contributed by atoms with van der Waals surface area (Å²) in [5.74, 6) is -0.613. The van der Waals surface area contributed by atoms with Crippen LogP contribution in [0.15, 0.2) is 18.5 Å². The van der Waals surface area contributed by atoms with Gasteiger partial charge in [0.15, 0.2) is 16.4 Å². The number of amides is 1. The Kier molecular flexibility index (Phi) is 5.71. The zero-order valence-electron chi connectivity index (χ0n) is 13.6. The second-order valence-electron chi connectivity index (χ2n) is 5.63. The van der Waals surface area contributed by atoms with Gasteiger partial charge in [-0.1, -0.05) is 0 Å². The predicted octanol–water partition coefficient (Wildman–Crippen LogP) is -0.898. The summed E-state index contributed by atoms with van der Waals surface area (Å²) in [6, 6.07) is 1.30. The molecule has 1 atom stereocenters. The average Bonchev–Trinajstić information content (AvgIpc) is 2.92. The molecule has 2 heterocycles. The van der Waals surface area contributed by atoms with Crippen LogP contribution in [0.4, 0.5) is 5.95 Å². The number of ether oxygens (including phenoxy) is 1. The number of sulfone groups is 1. The minimum atomic E-state index is -3.07. The molecule has 0 N–H and O–H groups in total. The first kappa shape index (κ1) is 18.1. The van der Waals surface area contributed by atoms with Crippen LogP contribution in [0.25, 0.3) is 0 Å². The summed E-state index contributed by atoms with van der Waals surface area (Å²) in [6.07, 6.45) is 3.52. The van der Waals surface area contributed by atoms with Gasteiger partial charge in [-0.2, -0.15) is 0 Å². The molecule has 0 unspecified atom stereocenters. The van der Waals surface area contributed by atoms with Crippen LogP contribution in [-0.2, 0) is 24.2 Å². The summed E-state index contributed by atoms with van der Waals surface area (Å²) in [5, 5.41) is 0. The molecule has 2 rings (SSSR count). The number of carbonyl (C=O) groups excluding carboxylic acids is 2. The van der Waals surface area contributed by atoms with Crippen molar-refractivity contribution in [2.45, 2.75) is 12.5 Å². The maximum Gasteiger partial charge on any atom is 0.326 e. The highest BCUT2D eigenvalue weighted by Gasteiger charge is 2.32. The molecular formula is C14H20N4O5S. The lowest BCUT2D eigenvalue weighted by atomic mass is 10.2. The molecule has 1 aromatic rings. The minimum Gasteiger partial charge on any atom is -0.454 e. The highest BCUT2D eigenvalue weighted by atomic mass is 32.2. The van der Waals surface area contributed by atoms with Crippen molar-refractivity contribution in [3.05, 3.63) is 18.5 Å². The van der Waals surface area contributed by atoms with Gasteiger partial charge in [0.2, 0.25) is 5.95 Å². The number of esters is 1. The maximum atomic E-state index is 12.0. The average molecular weight is 356 g/mol. The molecule has 132 valence electrons. The number of likely N-dealkylation sites (N-methyl/N-ethyl adjacent to an activating group) is 2. The van der Waals surface area contributed by atoms with Gasteiger partial charge in [-0.3, -0.25) is 9.59 Å². The Bertz CT molecular complexity index is 694. The van der Waals surface area contributed by atoms with E-state index in [4.69, 9.17) is 4.74 Å². The smallest absolute Gasteiger partial charge is 0.326 e. The van der Waals surface area contributed by atoms with E-state index in [1.54, 1.807) is 25.5 Å². The van der Waals surface area contributed by atoms with Gasteiger partial charge in [-0.05, 0) is 12.5 Å². The van der Waals surface area contributed by atoms with Crippen LogP contribution in [0.5, 0.6) is 0 Å². The van der Waals surface area contributed by atoms with Crippen molar-refractivity contribution < 1.29 is 22.7 Å². The molecule has 1 fully saturated rings. The van der Waals surface area contributed by atoms with Crippen molar-refractivity contribution in [3.63, 3.8) is 0 Å². The van der Waals surface area contributed by atoms with Crippen LogP contribution < -0.4 is 4.90 Å². The highest BCUT2D eigenvalue weighted by Crippen LogP contribution is 2.16. The van der Waals surface area contributed by atoms with Gasteiger partial charge in [0.05, 0.1) is 11.5 Å². The quantitative estimate of drug-likeness (QED) is 0.603. The number of nitrogens with zero attached hydrogens (tertiary/aromatic N) is 4. The molecule has 9 nitrogen and oxygen atoms in total. The Morgan fingerprint density at radius 2 is 1.96 bits per heavy atom. The largest absolute Gasteiger partial charge is 0.454 e. The Morgan fingerprint density at radius 1 is 1.29 bits per heavy atom. The van der Waals surface area contributed by atoms with Gasteiger partial charge in [-0.25, -0.2) is 18.4 Å². The van der Waals surface area contributed by atoms with E-state index in [9.17, 15) is 18.0 Å². The van der Waals surface area contributed by atoms with Crippen molar-refractivity contribution in [1.82, 2.24) is 14.9 Å². The first-order valence-electron chi connectivity index (χ1n) is 7.38. The predicted molar refractivity (Wildman–Crippen MR) is 86.1 cm³/mol. The van der Waals surface area contributed by atoms with Gasteiger partial charge < -0.3 is 14.5 Å². The molecule has 1 aromatic heterocycles. The number of aromatic nitrogens is 2. The highest BCUT2D eigenvalue weighted by molar-refractivity contribution is 7.91. The molecule has 10 heteroatoms. The fraction of sp³-hybridized carbons (Fsp3) is 0.571. The molecule has 1 amide bonds. The molecule has 24 heavy (non-hydrogen) atoms. The zero-order valence-corrected chi connectivity index (χ0v) is 14.4. The summed E-state index contributed by atoms with van der Waals surface area (Å²) in [5.41, 5.74) is 0. The van der Waals surface area contributed by atoms with Crippen LogP contribution >= 0.6 is 0 Å². The van der Waals surface area contributed by atoms with Gasteiger partial charge in [0.1, 0.15) is 6.54 Å². The zero-order chi connectivity index (χ0) is 17.7. The monoisotopic (exact) mass is 356 g/mol. The van der Waals surface area contributed by atoms with E-state index < -0.39 is 28.3 Å². The normalized spacial score (nSPS) is 18.8. The van der Waals surface area contributed by atoms with E-state index in [1.165, 1.54) is 16.8 Å². The molecule has 1 aliphatic heterocycles. The minimum absolute atomic E-state index is 0.0444. The lowest BCUT2D eigenvalue weighted by Crippen LogP contribution is -2.41. The Balaban J connectivity index is 1.78. The summed E-state index contributed by atoms with van der Waals surface area (Å²) < 4.78 is 27.9. The van der Waals surface area contributed by atoms with Gasteiger partial charge in [-0.15, -0.1) is 0 Å². The fourth-order valence-corrected chi connectivity index (χ4v) is 4.10. The second-order valence-corrected chi connectivity index (χ2v) is 7.86. The van der Waals surface area contributed by atoms with E-state index in [1.807, 2.05) is 0 Å². The number of hydrogen-bond donors (Lipinski definition) is 0. The third-order valence-electron chi connectivity index (χ3n) is 3.77. The fourth-order valence-electron chi connectivity index (χ4n) is 2.33. The third-order valence-corrected chi connectivity index (χ3v) is 5.52. The Labute approximate surface area is 140 Å². The van der Waals surface area contributed by atoms with Crippen LogP contribution in [0.3, 0.4) is 0 Å². The molecule has 0 bridgehead atoms. The summed E-state index contributed by atoms with van der Waals surface area (Å²) >= 11 is 0. The molecule has 0 aliphatic carbocycles.